The molecule has 0 unspecified atom stereocenters. The number of hydrogen-bond acceptors (Lipinski definition) is 7. The molecule has 0 N–H and O–H groups in total. The molecule has 0 bridgehead atoms. The zero-order valence-electron chi connectivity index (χ0n) is 14.0. The number of thiazole rings is 1. The maximum absolute atomic E-state index is 12.1. The molecule has 1 aromatic heterocycles. The van der Waals surface area contributed by atoms with Crippen LogP contribution in [0.25, 0.3) is 10.2 Å². The van der Waals surface area contributed by atoms with Crippen molar-refractivity contribution in [3.05, 3.63) is 63.1 Å². The molecule has 0 saturated carbocycles. The summed E-state index contributed by atoms with van der Waals surface area (Å²) in [5.41, 5.74) is 0.823. The summed E-state index contributed by atoms with van der Waals surface area (Å²) >= 11 is 1.62. The number of fused-ring (bicyclic) bond motifs is 1. The number of nitro benzene ring substituents is 1. The highest BCUT2D eigenvalue weighted by atomic mass is 32.1. The van der Waals surface area contributed by atoms with Crippen molar-refractivity contribution < 1.29 is 19.2 Å². The highest BCUT2D eigenvalue weighted by Crippen LogP contribution is 2.28. The van der Waals surface area contributed by atoms with Gasteiger partial charge in [-0.1, -0.05) is 12.1 Å². The molecule has 0 fully saturated rings. The average Bonchev–Trinajstić information content (AvgIpc) is 3.07. The molecule has 8 heteroatoms. The number of hydrogen-bond donors (Lipinski definition) is 0. The van der Waals surface area contributed by atoms with Gasteiger partial charge in [0.25, 0.3) is 0 Å². The molecule has 0 aliphatic rings. The number of methoxy groups -OCH3 is 1. The van der Waals surface area contributed by atoms with E-state index in [0.29, 0.717) is 12.8 Å². The Morgan fingerprint density at radius 3 is 2.81 bits per heavy atom. The van der Waals surface area contributed by atoms with E-state index in [1.165, 1.54) is 19.2 Å². The number of esters is 1. The van der Waals surface area contributed by atoms with Crippen LogP contribution in [0, 0.1) is 10.1 Å². The summed E-state index contributed by atoms with van der Waals surface area (Å²) in [4.78, 5) is 27.0. The Morgan fingerprint density at radius 2 is 2.08 bits per heavy atom. The summed E-state index contributed by atoms with van der Waals surface area (Å²) in [5.74, 6) is -0.498. The van der Waals surface area contributed by atoms with E-state index in [1.54, 1.807) is 11.3 Å². The maximum Gasteiger partial charge on any atom is 0.338 e. The fourth-order valence-corrected chi connectivity index (χ4v) is 3.47. The van der Waals surface area contributed by atoms with E-state index in [4.69, 9.17) is 9.47 Å². The van der Waals surface area contributed by atoms with E-state index in [-0.39, 0.29) is 23.6 Å². The first-order valence-corrected chi connectivity index (χ1v) is 8.74. The van der Waals surface area contributed by atoms with Crippen LogP contribution >= 0.6 is 11.3 Å². The molecule has 2 aromatic carbocycles. The van der Waals surface area contributed by atoms with Crippen molar-refractivity contribution in [2.45, 2.75) is 12.8 Å². The Hall–Kier alpha value is -3.00. The van der Waals surface area contributed by atoms with Crippen LogP contribution in [-0.4, -0.2) is 29.6 Å². The van der Waals surface area contributed by atoms with Crippen LogP contribution in [0.1, 0.15) is 21.8 Å². The summed E-state index contributed by atoms with van der Waals surface area (Å²) in [6, 6.07) is 11.9. The molecular weight excluding hydrogens is 356 g/mol. The Labute approximate surface area is 153 Å². The van der Waals surface area contributed by atoms with Gasteiger partial charge in [-0.2, -0.15) is 0 Å². The Bertz CT molecular complexity index is 921. The Kier molecular flexibility index (Phi) is 5.43. The number of carbonyl (C=O) groups is 1. The molecule has 26 heavy (non-hydrogen) atoms. The van der Waals surface area contributed by atoms with Gasteiger partial charge in [0.15, 0.2) is 5.75 Å². The lowest BCUT2D eigenvalue weighted by molar-refractivity contribution is -0.385. The number of rotatable bonds is 7. The van der Waals surface area contributed by atoms with Crippen molar-refractivity contribution in [3.8, 4) is 5.75 Å². The molecule has 1 heterocycles. The van der Waals surface area contributed by atoms with Gasteiger partial charge in [0.1, 0.15) is 0 Å². The molecule has 0 radical (unpaired) electrons. The van der Waals surface area contributed by atoms with Crippen LogP contribution in [0.2, 0.25) is 0 Å². The zero-order chi connectivity index (χ0) is 18.5. The van der Waals surface area contributed by atoms with Crippen LogP contribution in [0.5, 0.6) is 5.75 Å². The molecule has 0 spiro atoms. The molecule has 0 saturated heterocycles. The number of para-hydroxylation sites is 1. The Balaban J connectivity index is 1.55. The van der Waals surface area contributed by atoms with Crippen molar-refractivity contribution in [1.29, 1.82) is 0 Å². The molecule has 0 aliphatic carbocycles. The lowest BCUT2D eigenvalue weighted by atomic mass is 10.2. The summed E-state index contributed by atoms with van der Waals surface area (Å²) < 4.78 is 11.3. The summed E-state index contributed by atoms with van der Waals surface area (Å²) in [6.45, 7) is 0.217. The van der Waals surface area contributed by atoms with E-state index >= 15 is 0 Å². The maximum atomic E-state index is 12.1. The normalized spacial score (nSPS) is 10.7. The van der Waals surface area contributed by atoms with E-state index in [2.05, 4.69) is 4.98 Å². The smallest absolute Gasteiger partial charge is 0.338 e. The van der Waals surface area contributed by atoms with Crippen LogP contribution in [-0.2, 0) is 11.2 Å². The van der Waals surface area contributed by atoms with Gasteiger partial charge in [-0.05, 0) is 30.7 Å². The summed E-state index contributed by atoms with van der Waals surface area (Å²) in [6.07, 6.45) is 1.33. The topological polar surface area (TPSA) is 91.6 Å². The lowest BCUT2D eigenvalue weighted by Crippen LogP contribution is -2.08. The lowest BCUT2D eigenvalue weighted by Gasteiger charge is -2.06. The predicted octanol–water partition coefficient (Wildman–Crippen LogP) is 4.00. The molecule has 3 rings (SSSR count). The number of nitrogens with zero attached hydrogens (tertiary/aromatic N) is 2. The molecule has 3 aromatic rings. The third kappa shape index (κ3) is 3.97. The van der Waals surface area contributed by atoms with E-state index in [0.717, 1.165) is 21.3 Å². The third-order valence-electron chi connectivity index (χ3n) is 3.72. The van der Waals surface area contributed by atoms with E-state index < -0.39 is 10.9 Å². The fourth-order valence-electron chi connectivity index (χ4n) is 2.46. The fraction of sp³-hybridized carbons (Fsp3) is 0.222. The van der Waals surface area contributed by atoms with Crippen molar-refractivity contribution in [3.63, 3.8) is 0 Å². The minimum absolute atomic E-state index is 0.0994. The second kappa shape index (κ2) is 7.92. The van der Waals surface area contributed by atoms with Crippen LogP contribution in [0.4, 0.5) is 5.69 Å². The monoisotopic (exact) mass is 372 g/mol. The summed E-state index contributed by atoms with van der Waals surface area (Å²) in [5, 5.41) is 12.0. The van der Waals surface area contributed by atoms with Gasteiger partial charge in [0.05, 0.1) is 39.4 Å². The van der Waals surface area contributed by atoms with E-state index in [9.17, 15) is 14.9 Å². The molecule has 0 atom stereocenters. The first kappa shape index (κ1) is 17.8. The number of aromatic nitrogens is 1. The number of aryl methyl sites for hydroxylation is 1. The van der Waals surface area contributed by atoms with Gasteiger partial charge in [-0.3, -0.25) is 10.1 Å². The third-order valence-corrected chi connectivity index (χ3v) is 4.81. The van der Waals surface area contributed by atoms with E-state index in [1.807, 2.05) is 24.3 Å². The zero-order valence-corrected chi connectivity index (χ0v) is 14.8. The quantitative estimate of drug-likeness (QED) is 0.269. The number of carbonyl (C=O) groups excluding carboxylic acids is 1. The summed E-state index contributed by atoms with van der Waals surface area (Å²) in [7, 11) is 1.34. The van der Waals surface area contributed by atoms with Gasteiger partial charge in [0, 0.05) is 12.5 Å². The van der Waals surface area contributed by atoms with Crippen LogP contribution in [0.3, 0.4) is 0 Å². The van der Waals surface area contributed by atoms with Crippen LogP contribution < -0.4 is 4.74 Å². The van der Waals surface area contributed by atoms with Gasteiger partial charge < -0.3 is 9.47 Å². The first-order chi connectivity index (χ1) is 12.6. The van der Waals surface area contributed by atoms with Crippen LogP contribution in [0.15, 0.2) is 42.5 Å². The Morgan fingerprint density at radius 1 is 1.27 bits per heavy atom. The van der Waals surface area contributed by atoms with Crippen molar-refractivity contribution >= 4 is 33.2 Å². The number of benzene rings is 2. The predicted molar refractivity (Wildman–Crippen MR) is 97.9 cm³/mol. The second-order valence-electron chi connectivity index (χ2n) is 5.46. The van der Waals surface area contributed by atoms with Crippen molar-refractivity contribution in [2.24, 2.45) is 0 Å². The minimum Gasteiger partial charge on any atom is -0.490 e. The highest BCUT2D eigenvalue weighted by molar-refractivity contribution is 7.18. The van der Waals surface area contributed by atoms with Gasteiger partial charge >= 0.3 is 11.7 Å². The standard InChI is InChI=1S/C18H16N2O5S/c1-24-15-9-8-12(11-14(15)20(22)23)18(21)25-10-4-7-17-19-13-5-2-3-6-16(13)26-17/h2-3,5-6,8-9,11H,4,7,10H2,1H3. The minimum atomic E-state index is -0.597. The molecule has 134 valence electrons. The van der Waals surface area contributed by atoms with Crippen molar-refractivity contribution in [1.82, 2.24) is 4.98 Å². The second-order valence-corrected chi connectivity index (χ2v) is 6.57. The van der Waals surface area contributed by atoms with Gasteiger partial charge in [0.2, 0.25) is 0 Å². The highest BCUT2D eigenvalue weighted by Gasteiger charge is 2.18. The number of nitro groups is 1. The first-order valence-electron chi connectivity index (χ1n) is 7.92. The molecule has 7 nitrogen and oxygen atoms in total. The van der Waals surface area contributed by atoms with Crippen molar-refractivity contribution in [2.75, 3.05) is 13.7 Å². The van der Waals surface area contributed by atoms with Gasteiger partial charge in [-0.25, -0.2) is 9.78 Å². The molecule has 0 aliphatic heterocycles. The van der Waals surface area contributed by atoms with Gasteiger partial charge in [-0.15, -0.1) is 11.3 Å². The number of ether oxygens (including phenoxy) is 2. The largest absolute Gasteiger partial charge is 0.490 e. The molecular formula is C18H16N2O5S. The molecule has 0 amide bonds. The SMILES string of the molecule is COc1ccc(C(=O)OCCCc2nc3ccccc3s2)cc1[N+](=O)[O-]. The average molecular weight is 372 g/mol.